The highest BCUT2D eigenvalue weighted by molar-refractivity contribution is 5.83. The van der Waals surface area contributed by atoms with Gasteiger partial charge in [-0.3, -0.25) is 4.79 Å². The monoisotopic (exact) mass is 265 g/mol. The molecule has 0 spiro atoms. The Balaban J connectivity index is 2.72. The molecule has 0 saturated carbocycles. The van der Waals surface area contributed by atoms with Crippen LogP contribution in [0.15, 0.2) is 18.2 Å². The lowest BCUT2D eigenvalue weighted by Gasteiger charge is -2.17. The topological polar surface area (TPSA) is 64.6 Å². The van der Waals surface area contributed by atoms with Crippen LogP contribution in [-0.2, 0) is 14.3 Å². The number of rotatable bonds is 5. The van der Waals surface area contributed by atoms with Gasteiger partial charge in [-0.25, -0.2) is 4.79 Å². The van der Waals surface area contributed by atoms with Crippen molar-refractivity contribution in [2.75, 3.05) is 13.7 Å². The normalized spacial score (nSPS) is 11.6. The van der Waals surface area contributed by atoms with Gasteiger partial charge in [0.05, 0.1) is 7.11 Å². The van der Waals surface area contributed by atoms with E-state index in [-0.39, 0.29) is 12.5 Å². The van der Waals surface area contributed by atoms with Gasteiger partial charge in [0, 0.05) is 6.92 Å². The maximum Gasteiger partial charge on any atom is 0.331 e. The van der Waals surface area contributed by atoms with E-state index in [1.54, 1.807) is 0 Å². The van der Waals surface area contributed by atoms with Crippen LogP contribution in [0.2, 0.25) is 0 Å². The molecule has 1 N–H and O–H groups in total. The fourth-order valence-corrected chi connectivity index (χ4v) is 1.59. The first-order valence-corrected chi connectivity index (χ1v) is 5.99. The number of hydrogen-bond donors (Lipinski definition) is 1. The van der Waals surface area contributed by atoms with Crippen molar-refractivity contribution in [1.29, 1.82) is 0 Å². The van der Waals surface area contributed by atoms with E-state index in [2.05, 4.69) is 10.1 Å². The zero-order valence-electron chi connectivity index (χ0n) is 11.6. The van der Waals surface area contributed by atoms with E-state index in [4.69, 9.17) is 4.74 Å². The Morgan fingerprint density at radius 2 is 2.00 bits per heavy atom. The molecule has 1 amide bonds. The minimum atomic E-state index is -0.803. The first kappa shape index (κ1) is 15.0. The van der Waals surface area contributed by atoms with Crippen LogP contribution in [0.5, 0.6) is 5.75 Å². The molecule has 1 atom stereocenters. The quantitative estimate of drug-likeness (QED) is 0.816. The van der Waals surface area contributed by atoms with Crippen LogP contribution in [0.25, 0.3) is 0 Å². The molecule has 0 aromatic heterocycles. The summed E-state index contributed by atoms with van der Waals surface area (Å²) >= 11 is 0. The largest absolute Gasteiger partial charge is 0.491 e. The predicted molar refractivity (Wildman–Crippen MR) is 71.0 cm³/mol. The number of amides is 1. The molecule has 0 heterocycles. The van der Waals surface area contributed by atoms with Gasteiger partial charge in [-0.05, 0) is 31.0 Å². The van der Waals surface area contributed by atoms with Gasteiger partial charge in [-0.15, -0.1) is 0 Å². The number of nitrogens with one attached hydrogen (secondary N) is 1. The lowest BCUT2D eigenvalue weighted by atomic mass is 10.1. The van der Waals surface area contributed by atoms with Crippen molar-refractivity contribution in [2.24, 2.45) is 0 Å². The molecule has 0 aliphatic heterocycles. The average Bonchev–Trinajstić information content (AvgIpc) is 2.36. The first-order valence-electron chi connectivity index (χ1n) is 5.99. The fourth-order valence-electron chi connectivity index (χ4n) is 1.59. The van der Waals surface area contributed by atoms with E-state index in [0.717, 1.165) is 11.1 Å². The number of carbonyl (C=O) groups excluding carboxylic acids is 2. The van der Waals surface area contributed by atoms with Crippen molar-refractivity contribution in [3.63, 3.8) is 0 Å². The molecule has 0 saturated heterocycles. The Bertz CT molecular complexity index is 471. The van der Waals surface area contributed by atoms with Crippen LogP contribution in [0, 0.1) is 13.8 Å². The molecule has 0 bridgehead atoms. The standard InChI is InChI=1S/C14H19NO4/c1-9-5-6-10(2)13(7-9)19-8-12(14(17)18-4)15-11(3)16/h5-7,12H,8H2,1-4H3,(H,15,16). The maximum atomic E-state index is 11.5. The summed E-state index contributed by atoms with van der Waals surface area (Å²) in [6.07, 6.45) is 0. The number of esters is 1. The summed E-state index contributed by atoms with van der Waals surface area (Å²) in [5, 5.41) is 2.50. The minimum absolute atomic E-state index is 0.0382. The molecular formula is C14H19NO4. The Kier molecular flexibility index (Phi) is 5.36. The van der Waals surface area contributed by atoms with Crippen molar-refractivity contribution in [3.05, 3.63) is 29.3 Å². The molecule has 19 heavy (non-hydrogen) atoms. The molecule has 1 aromatic carbocycles. The molecule has 1 unspecified atom stereocenters. The summed E-state index contributed by atoms with van der Waals surface area (Å²) in [5.74, 6) is -0.139. The molecule has 0 fully saturated rings. The molecular weight excluding hydrogens is 246 g/mol. The summed E-state index contributed by atoms with van der Waals surface area (Å²) < 4.78 is 10.2. The van der Waals surface area contributed by atoms with Gasteiger partial charge in [-0.2, -0.15) is 0 Å². The van der Waals surface area contributed by atoms with Crippen molar-refractivity contribution >= 4 is 11.9 Å². The maximum absolute atomic E-state index is 11.5. The van der Waals surface area contributed by atoms with Crippen molar-refractivity contribution in [3.8, 4) is 5.75 Å². The smallest absolute Gasteiger partial charge is 0.331 e. The van der Waals surface area contributed by atoms with E-state index in [0.29, 0.717) is 5.75 Å². The van der Waals surface area contributed by atoms with Crippen LogP contribution in [0.3, 0.4) is 0 Å². The van der Waals surface area contributed by atoms with Crippen molar-refractivity contribution < 1.29 is 19.1 Å². The highest BCUT2D eigenvalue weighted by atomic mass is 16.5. The van der Waals surface area contributed by atoms with Crippen molar-refractivity contribution in [2.45, 2.75) is 26.8 Å². The van der Waals surface area contributed by atoms with Crippen molar-refractivity contribution in [1.82, 2.24) is 5.32 Å². The van der Waals surface area contributed by atoms with E-state index >= 15 is 0 Å². The second-order valence-corrected chi connectivity index (χ2v) is 4.36. The van der Waals surface area contributed by atoms with Crippen LogP contribution in [-0.4, -0.2) is 31.6 Å². The number of aryl methyl sites for hydroxylation is 2. The number of benzene rings is 1. The first-order chi connectivity index (χ1) is 8.93. The molecule has 1 rings (SSSR count). The molecule has 5 heteroatoms. The lowest BCUT2D eigenvalue weighted by Crippen LogP contribution is -2.44. The minimum Gasteiger partial charge on any atom is -0.491 e. The zero-order valence-corrected chi connectivity index (χ0v) is 11.6. The summed E-state index contributed by atoms with van der Waals surface area (Å²) in [6, 6.07) is 5.00. The Morgan fingerprint density at radius 1 is 1.32 bits per heavy atom. The van der Waals surface area contributed by atoms with E-state index in [1.807, 2.05) is 32.0 Å². The molecule has 0 aliphatic rings. The van der Waals surface area contributed by atoms with Crippen LogP contribution < -0.4 is 10.1 Å². The average molecular weight is 265 g/mol. The van der Waals surface area contributed by atoms with E-state index in [1.165, 1.54) is 14.0 Å². The predicted octanol–water partition coefficient (Wildman–Crippen LogP) is 1.36. The fraction of sp³-hybridized carbons (Fsp3) is 0.429. The number of hydrogen-bond acceptors (Lipinski definition) is 4. The van der Waals surface area contributed by atoms with Crippen LogP contribution in [0.4, 0.5) is 0 Å². The molecule has 0 radical (unpaired) electrons. The molecule has 0 aliphatic carbocycles. The van der Waals surface area contributed by atoms with Gasteiger partial charge >= 0.3 is 5.97 Å². The second-order valence-electron chi connectivity index (χ2n) is 4.36. The van der Waals surface area contributed by atoms with Gasteiger partial charge in [0.2, 0.25) is 5.91 Å². The number of carbonyl (C=O) groups is 2. The summed E-state index contributed by atoms with van der Waals surface area (Å²) in [6.45, 7) is 5.25. The van der Waals surface area contributed by atoms with E-state index < -0.39 is 12.0 Å². The second kappa shape index (κ2) is 6.78. The third kappa shape index (κ3) is 4.62. The lowest BCUT2D eigenvalue weighted by molar-refractivity contribution is -0.145. The Labute approximate surface area is 112 Å². The molecule has 1 aromatic rings. The number of methoxy groups -OCH3 is 1. The Morgan fingerprint density at radius 3 is 2.58 bits per heavy atom. The van der Waals surface area contributed by atoms with Crippen LogP contribution in [0.1, 0.15) is 18.1 Å². The van der Waals surface area contributed by atoms with Crippen LogP contribution >= 0.6 is 0 Å². The third-order valence-electron chi connectivity index (χ3n) is 2.61. The zero-order chi connectivity index (χ0) is 14.4. The van der Waals surface area contributed by atoms with Gasteiger partial charge in [-0.1, -0.05) is 12.1 Å². The van der Waals surface area contributed by atoms with Gasteiger partial charge in [0.15, 0.2) is 6.04 Å². The van der Waals surface area contributed by atoms with Gasteiger partial charge in [0.1, 0.15) is 12.4 Å². The Hall–Kier alpha value is -2.04. The van der Waals surface area contributed by atoms with E-state index in [9.17, 15) is 9.59 Å². The summed E-state index contributed by atoms with van der Waals surface area (Å²) in [4.78, 5) is 22.5. The molecule has 104 valence electrons. The summed E-state index contributed by atoms with van der Waals surface area (Å²) in [5.41, 5.74) is 2.03. The highest BCUT2D eigenvalue weighted by Crippen LogP contribution is 2.19. The summed E-state index contributed by atoms with van der Waals surface area (Å²) in [7, 11) is 1.27. The molecule has 5 nitrogen and oxygen atoms in total. The van der Waals surface area contributed by atoms with Gasteiger partial charge in [0.25, 0.3) is 0 Å². The van der Waals surface area contributed by atoms with Gasteiger partial charge < -0.3 is 14.8 Å². The highest BCUT2D eigenvalue weighted by Gasteiger charge is 2.21. The SMILES string of the molecule is COC(=O)C(COc1cc(C)ccc1C)NC(C)=O. The third-order valence-corrected chi connectivity index (χ3v) is 2.61. The number of ether oxygens (including phenoxy) is 2.